The molecule has 1 N–H and O–H groups in total. The van der Waals surface area contributed by atoms with Crippen LogP contribution in [0, 0.1) is 0 Å². The summed E-state index contributed by atoms with van der Waals surface area (Å²) in [5, 5.41) is 3.23. The predicted octanol–water partition coefficient (Wildman–Crippen LogP) is 5.80. The minimum absolute atomic E-state index is 0.540. The van der Waals surface area contributed by atoms with Crippen molar-refractivity contribution in [3.05, 3.63) is 0 Å². The minimum Gasteiger partial charge on any atom is -0.378 e. The Morgan fingerprint density at radius 1 is 0.227 bits per heavy atom. The van der Waals surface area contributed by atoms with Gasteiger partial charge in [-0.25, -0.2) is 0 Å². The molecule has 0 bridgehead atoms. The number of thiocarbonyl (C=S) groups is 11. The van der Waals surface area contributed by atoms with Crippen LogP contribution in [-0.2, 0) is 42.6 Å². The Hall–Kier alpha value is 1.98. The van der Waals surface area contributed by atoms with Crippen LogP contribution in [0.5, 0.6) is 0 Å². The highest BCUT2D eigenvalue weighted by atomic mass is 32.2. The third-order valence-electron chi connectivity index (χ3n) is 12.2. The fourth-order valence-corrected chi connectivity index (χ4v) is 10.8. The van der Waals surface area contributed by atoms with E-state index in [1.165, 1.54) is 0 Å². The van der Waals surface area contributed by atoms with Crippen LogP contribution in [0.2, 0.25) is 0 Å². The van der Waals surface area contributed by atoms with Gasteiger partial charge in [0.1, 0.15) is 38.9 Å². The van der Waals surface area contributed by atoms with Gasteiger partial charge in [-0.1, -0.05) is 110 Å². The van der Waals surface area contributed by atoms with E-state index in [0.29, 0.717) is 197 Å². The first-order chi connectivity index (χ1) is 42.2. The molecule has 19 nitrogen and oxygen atoms in total. The van der Waals surface area contributed by atoms with Crippen molar-refractivity contribution in [3.8, 4) is 0 Å². The smallest absolute Gasteiger partial charge is 0.133 e. The molecule has 0 radical (unpaired) electrons. The van der Waals surface area contributed by atoms with Crippen LogP contribution in [0.3, 0.4) is 0 Å². The molecule has 508 valence electrons. The fourth-order valence-electron chi connectivity index (χ4n) is 7.34. The summed E-state index contributed by atoms with van der Waals surface area (Å²) in [5.74, 6) is 0. The number of ether oxygens (including phenoxy) is 9. The van der Waals surface area contributed by atoms with Gasteiger partial charge in [0.25, 0.3) is 0 Å². The first-order valence-electron chi connectivity index (χ1n) is 27.9. The van der Waals surface area contributed by atoms with Gasteiger partial charge >= 0.3 is 0 Å². The molecule has 0 aromatic heterocycles. The maximum atomic E-state index is 5.62. The topological polar surface area (TPSA) is 124 Å². The number of rotatable bonds is 0. The van der Waals surface area contributed by atoms with E-state index >= 15 is 0 Å². The Morgan fingerprint density at radius 2 is 0.364 bits per heavy atom. The molecule has 0 aromatic carbocycles. The zero-order valence-corrected chi connectivity index (χ0v) is 66.3. The summed E-state index contributed by atoms with van der Waals surface area (Å²) in [7, 11) is 0. The average molecular weight is 1600 g/mol. The summed E-state index contributed by atoms with van der Waals surface area (Å²) < 4.78 is 57.2. The Bertz CT molecular complexity index is 1880. The van der Waals surface area contributed by atoms with E-state index in [2.05, 4.69) is 163 Å². The predicted molar refractivity (Wildman–Crippen MR) is 433 cm³/mol. The zero-order chi connectivity index (χ0) is 65.7. The highest BCUT2D eigenvalue weighted by Crippen LogP contribution is 2.10. The van der Waals surface area contributed by atoms with Crippen LogP contribution in [-0.4, -0.2) is 337 Å². The Kier molecular flexibility index (Phi) is 62.7. The normalized spacial score (nSPS) is 19.5. The summed E-state index contributed by atoms with van der Waals surface area (Å²) in [4.78, 5) is 18.1. The lowest BCUT2D eigenvalue weighted by Gasteiger charge is -2.35. The second-order valence-electron chi connectivity index (χ2n) is 18.1. The van der Waals surface area contributed by atoms with Gasteiger partial charge in [0, 0.05) is 135 Å². The number of piperazine rings is 1. The van der Waals surface area contributed by atoms with Crippen LogP contribution >= 0.6 is 248 Å². The standard InChI is InChI=1S/C14H26N2O4S4.C12H22N2O3S4.C9H18N2O2S2.C7H12N2S4.C6H10N2S4.CS2/c21-13(22)15-1-5-17-9-10-19-7-3-16(14(23)24)4-8-20-12-11-18-6-2-15;18-11(19)13-1-5-15-6-2-14(12(20)21)4-8-17-10-9-16-7-3-13;14-9(15)11-3-7-12-5-1-10-2-6-13-8-4-11;10-6(11)8-2-1-3-9(5-4-8)7(12)13;9-5(10)7-1-2-8(4-3-7)6(11)12;2-1-3/h1-12H2,(H,21,22)(H,23,24);1-10H2,(H,18,19)(H,20,21);10H,1-8H2,(H,14,15);1-5H2,(H,10,11)(H,12,13);1-4H2,(H,9,10)(H,11,12);. The molecule has 0 aliphatic carbocycles. The number of nitrogens with one attached hydrogen (secondary N) is 1. The lowest BCUT2D eigenvalue weighted by molar-refractivity contribution is 0.0225. The van der Waals surface area contributed by atoms with Crippen molar-refractivity contribution in [1.29, 1.82) is 0 Å². The lowest BCUT2D eigenvalue weighted by Crippen LogP contribution is -2.47. The Balaban J connectivity index is 0.00000109. The van der Waals surface area contributed by atoms with E-state index in [-0.39, 0.29) is 0 Å². The van der Waals surface area contributed by atoms with Gasteiger partial charge in [-0.3, -0.25) is 0 Å². The molecule has 88 heavy (non-hydrogen) atoms. The van der Waals surface area contributed by atoms with E-state index in [0.717, 1.165) is 98.2 Å². The van der Waals surface area contributed by atoms with Crippen LogP contribution in [0.1, 0.15) is 6.42 Å². The van der Waals surface area contributed by atoms with Crippen LogP contribution in [0.4, 0.5) is 0 Å². The van der Waals surface area contributed by atoms with Gasteiger partial charge in [0.2, 0.25) is 0 Å². The van der Waals surface area contributed by atoms with Gasteiger partial charge in [0.05, 0.1) is 119 Å². The van der Waals surface area contributed by atoms with E-state index in [1.54, 1.807) is 0 Å². The van der Waals surface area contributed by atoms with Gasteiger partial charge in [-0.2, -0.15) is 0 Å². The van der Waals surface area contributed by atoms with Crippen molar-refractivity contribution >= 4 is 291 Å². The third-order valence-corrected chi connectivity index (χ3v) is 17.1. The molecule has 5 fully saturated rings. The van der Waals surface area contributed by atoms with Crippen molar-refractivity contribution in [1.82, 2.24) is 49.4 Å². The maximum Gasteiger partial charge on any atom is 0.133 e. The highest BCUT2D eigenvalue weighted by molar-refractivity contribution is 8.13. The average Bonchev–Trinajstić information content (AvgIpc) is 3.87. The van der Waals surface area contributed by atoms with Crippen LogP contribution in [0.15, 0.2) is 0 Å². The van der Waals surface area contributed by atoms with Crippen molar-refractivity contribution in [2.45, 2.75) is 6.42 Å². The fraction of sp³-hybridized carbons (Fsp3) is 0.796. The molecular formula is C49H88N10O9S20. The summed E-state index contributed by atoms with van der Waals surface area (Å²) in [6.07, 6.45) is 1.06. The molecule has 5 aliphatic heterocycles. The van der Waals surface area contributed by atoms with Crippen LogP contribution in [0.25, 0.3) is 0 Å². The number of hydrogen-bond donors (Lipinski definition) is 10. The zero-order valence-electron chi connectivity index (χ0n) is 49.3. The van der Waals surface area contributed by atoms with E-state index in [1.807, 2.05) is 28.8 Å². The number of hydrogen-bond acceptors (Lipinski definition) is 21. The molecule has 0 atom stereocenters. The first-order valence-corrected chi connectivity index (χ1v) is 36.4. The van der Waals surface area contributed by atoms with Gasteiger partial charge in [-0.15, -0.1) is 114 Å². The maximum absolute atomic E-state index is 5.62. The molecule has 0 aromatic rings. The number of thiol groups is 9. The van der Waals surface area contributed by atoms with Crippen LogP contribution < -0.4 is 5.32 Å². The van der Waals surface area contributed by atoms with Crippen molar-refractivity contribution in [2.24, 2.45) is 0 Å². The van der Waals surface area contributed by atoms with Gasteiger partial charge < -0.3 is 92.0 Å². The molecule has 5 rings (SSSR count). The monoisotopic (exact) mass is 1600 g/mol. The lowest BCUT2D eigenvalue weighted by atomic mass is 10.4. The SMILES string of the molecule is S=C(S)N1CCCN(C(=S)S)CC1.S=C(S)N1CCN(C(=S)S)CC1.S=C(S)N1CCOCCNCCOCC1.S=C(S)N1CCOCCOCCN(C(=S)S)CCOCC1.S=C(S)N1CCOCCOCCN(C(=S)S)CCOCCOCC1.S=C=S. The van der Waals surface area contributed by atoms with E-state index in [4.69, 9.17) is 153 Å². The second-order valence-corrected chi connectivity index (χ2v) is 28.8. The Labute approximate surface area is 632 Å². The first kappa shape index (κ1) is 90.0. The summed E-state index contributed by atoms with van der Waals surface area (Å²) >= 11 is 90.9. The van der Waals surface area contributed by atoms with Gasteiger partial charge in [0.15, 0.2) is 0 Å². The summed E-state index contributed by atoms with van der Waals surface area (Å²) in [6.45, 7) is 26.9. The van der Waals surface area contributed by atoms with E-state index < -0.39 is 0 Å². The molecule has 0 saturated carbocycles. The Morgan fingerprint density at radius 3 is 0.534 bits per heavy atom. The molecular weight excluding hydrogens is 1510 g/mol. The van der Waals surface area contributed by atoms with Crippen molar-refractivity contribution in [2.75, 3.05) is 250 Å². The van der Waals surface area contributed by atoms with Crippen molar-refractivity contribution in [3.63, 3.8) is 0 Å². The molecule has 39 heteroatoms. The van der Waals surface area contributed by atoms with Crippen molar-refractivity contribution < 1.29 is 42.6 Å². The largest absolute Gasteiger partial charge is 0.378 e. The quantitative estimate of drug-likeness (QED) is 0.106. The van der Waals surface area contributed by atoms with E-state index in [9.17, 15) is 0 Å². The molecule has 5 heterocycles. The molecule has 5 saturated heterocycles. The molecule has 0 unspecified atom stereocenters. The second kappa shape index (κ2) is 61.3. The summed E-state index contributed by atoms with van der Waals surface area (Å²) in [6, 6.07) is 0. The number of nitrogens with zero attached hydrogens (tertiary/aromatic N) is 9. The third kappa shape index (κ3) is 51.2. The molecule has 0 amide bonds. The van der Waals surface area contributed by atoms with Gasteiger partial charge in [-0.05, 0) is 30.9 Å². The summed E-state index contributed by atoms with van der Waals surface area (Å²) in [5.41, 5.74) is 0. The molecule has 5 aliphatic rings. The minimum atomic E-state index is 0.540. The highest BCUT2D eigenvalue weighted by Gasteiger charge is 2.19. The molecule has 0 spiro atoms.